The van der Waals surface area contributed by atoms with E-state index >= 15 is 0 Å². The highest BCUT2D eigenvalue weighted by Gasteiger charge is 2.22. The highest BCUT2D eigenvalue weighted by Crippen LogP contribution is 2.22. The second kappa shape index (κ2) is 6.99. The van der Waals surface area contributed by atoms with Gasteiger partial charge in [0, 0.05) is 16.1 Å². The molecule has 0 aliphatic rings. The van der Waals surface area contributed by atoms with Crippen LogP contribution >= 0.6 is 11.6 Å². The lowest BCUT2D eigenvalue weighted by Crippen LogP contribution is -2.30. The molecule has 0 spiro atoms. The number of benzene rings is 2. The van der Waals surface area contributed by atoms with Gasteiger partial charge >= 0.3 is 5.97 Å². The van der Waals surface area contributed by atoms with Crippen molar-refractivity contribution in [1.82, 2.24) is 0 Å². The average molecular weight is 358 g/mol. The van der Waals surface area contributed by atoms with Crippen LogP contribution in [0.3, 0.4) is 0 Å². The molecule has 3 aromatic rings. The van der Waals surface area contributed by atoms with Crippen LogP contribution in [0.5, 0.6) is 0 Å². The third-order valence-electron chi connectivity index (χ3n) is 3.74. The summed E-state index contributed by atoms with van der Waals surface area (Å²) in [4.78, 5) is 24.4. The molecule has 1 heterocycles. The van der Waals surface area contributed by atoms with Gasteiger partial charge in [0.25, 0.3) is 5.91 Å². The highest BCUT2D eigenvalue weighted by atomic mass is 35.5. The Morgan fingerprint density at radius 3 is 2.68 bits per heavy atom. The fraction of sp³-hybridized carbons (Fsp3) is 0.158. The summed E-state index contributed by atoms with van der Waals surface area (Å²) in [6.07, 6.45) is -0.987. The molecule has 1 amide bonds. The number of para-hydroxylation sites is 1. The molecule has 0 unspecified atom stereocenters. The number of ether oxygens (including phenoxy) is 1. The zero-order valence-corrected chi connectivity index (χ0v) is 14.5. The van der Waals surface area contributed by atoms with E-state index in [-0.39, 0.29) is 5.76 Å². The number of esters is 1. The topological polar surface area (TPSA) is 68.5 Å². The fourth-order valence-corrected chi connectivity index (χ4v) is 2.49. The molecule has 2 aromatic carbocycles. The van der Waals surface area contributed by atoms with Crippen LogP contribution in [0.2, 0.25) is 5.02 Å². The minimum atomic E-state index is -0.987. The van der Waals surface area contributed by atoms with Crippen LogP contribution < -0.4 is 5.32 Å². The Kier molecular flexibility index (Phi) is 4.76. The third kappa shape index (κ3) is 3.83. The monoisotopic (exact) mass is 357 g/mol. The van der Waals surface area contributed by atoms with E-state index in [4.69, 9.17) is 20.8 Å². The number of anilines is 1. The van der Waals surface area contributed by atoms with Crippen molar-refractivity contribution in [3.05, 3.63) is 64.9 Å². The summed E-state index contributed by atoms with van der Waals surface area (Å²) < 4.78 is 10.6. The van der Waals surface area contributed by atoms with Gasteiger partial charge in [-0.2, -0.15) is 0 Å². The standard InChI is InChI=1S/C19H16ClNO4/c1-11-7-8-14(20)10-15(11)21-18(22)12(2)24-19(23)17-9-13-5-3-4-6-16(13)25-17/h3-10,12H,1-2H3,(H,21,22)/t12-/m1/s1. The van der Waals surface area contributed by atoms with Gasteiger partial charge in [-0.3, -0.25) is 4.79 Å². The summed E-state index contributed by atoms with van der Waals surface area (Å²) in [5, 5.41) is 4.00. The number of fused-ring (bicyclic) bond motifs is 1. The number of aryl methyl sites for hydroxylation is 1. The van der Waals surface area contributed by atoms with Crippen LogP contribution in [0.15, 0.2) is 52.9 Å². The molecule has 0 saturated heterocycles. The van der Waals surface area contributed by atoms with Gasteiger partial charge in [-0.15, -0.1) is 0 Å². The Morgan fingerprint density at radius 2 is 1.92 bits per heavy atom. The van der Waals surface area contributed by atoms with Gasteiger partial charge in [-0.1, -0.05) is 35.9 Å². The molecular formula is C19H16ClNO4. The molecule has 0 aliphatic carbocycles. The summed E-state index contributed by atoms with van der Waals surface area (Å²) in [7, 11) is 0. The molecular weight excluding hydrogens is 342 g/mol. The minimum absolute atomic E-state index is 0.0554. The van der Waals surface area contributed by atoms with Crippen molar-refractivity contribution in [3.8, 4) is 0 Å². The number of nitrogens with one attached hydrogen (secondary N) is 1. The first-order valence-electron chi connectivity index (χ1n) is 7.70. The summed E-state index contributed by atoms with van der Waals surface area (Å²) in [6, 6.07) is 14.0. The highest BCUT2D eigenvalue weighted by molar-refractivity contribution is 6.31. The van der Waals surface area contributed by atoms with Gasteiger partial charge in [-0.05, 0) is 43.7 Å². The van der Waals surface area contributed by atoms with Gasteiger partial charge < -0.3 is 14.5 Å². The van der Waals surface area contributed by atoms with E-state index < -0.39 is 18.0 Å². The largest absolute Gasteiger partial charge is 0.449 e. The average Bonchev–Trinajstić information content (AvgIpc) is 3.02. The number of halogens is 1. The molecule has 0 saturated carbocycles. The van der Waals surface area contributed by atoms with Crippen molar-refractivity contribution in [1.29, 1.82) is 0 Å². The maximum atomic E-state index is 12.3. The van der Waals surface area contributed by atoms with Crippen molar-refractivity contribution in [2.45, 2.75) is 20.0 Å². The molecule has 5 nitrogen and oxygen atoms in total. The summed E-state index contributed by atoms with van der Waals surface area (Å²) in [6.45, 7) is 3.34. The molecule has 1 aromatic heterocycles. The minimum Gasteiger partial charge on any atom is -0.449 e. The lowest BCUT2D eigenvalue weighted by Gasteiger charge is -2.14. The predicted octanol–water partition coefficient (Wildman–Crippen LogP) is 4.58. The second-order valence-electron chi connectivity index (χ2n) is 5.64. The van der Waals surface area contributed by atoms with Gasteiger partial charge in [0.2, 0.25) is 5.76 Å². The van der Waals surface area contributed by atoms with Gasteiger partial charge in [0.15, 0.2) is 6.10 Å². The van der Waals surface area contributed by atoms with Gasteiger partial charge in [0.1, 0.15) is 5.58 Å². The van der Waals surface area contributed by atoms with Crippen LogP contribution in [0.4, 0.5) is 5.69 Å². The molecule has 3 rings (SSSR count). The normalized spacial score (nSPS) is 12.0. The fourth-order valence-electron chi connectivity index (χ4n) is 2.32. The zero-order valence-electron chi connectivity index (χ0n) is 13.7. The SMILES string of the molecule is Cc1ccc(Cl)cc1NC(=O)[C@@H](C)OC(=O)c1cc2ccccc2o1. The van der Waals surface area contributed by atoms with Gasteiger partial charge in [-0.25, -0.2) is 4.79 Å². The van der Waals surface area contributed by atoms with Crippen LogP contribution in [-0.2, 0) is 9.53 Å². The van der Waals surface area contributed by atoms with Gasteiger partial charge in [0.05, 0.1) is 0 Å². The first-order valence-corrected chi connectivity index (χ1v) is 8.08. The lowest BCUT2D eigenvalue weighted by molar-refractivity contribution is -0.123. The van der Waals surface area contributed by atoms with E-state index in [1.54, 1.807) is 30.3 Å². The molecule has 0 radical (unpaired) electrons. The first kappa shape index (κ1) is 17.0. The van der Waals surface area contributed by atoms with Crippen LogP contribution in [0, 0.1) is 6.92 Å². The quantitative estimate of drug-likeness (QED) is 0.694. The number of hydrogen-bond donors (Lipinski definition) is 1. The third-order valence-corrected chi connectivity index (χ3v) is 3.97. The number of carbonyl (C=O) groups is 2. The van der Waals surface area contributed by atoms with Crippen molar-refractivity contribution in [2.75, 3.05) is 5.32 Å². The van der Waals surface area contributed by atoms with E-state index in [2.05, 4.69) is 5.32 Å². The summed E-state index contributed by atoms with van der Waals surface area (Å²) in [5.74, 6) is -1.09. The van der Waals surface area contributed by atoms with Crippen molar-refractivity contribution in [3.63, 3.8) is 0 Å². The molecule has 25 heavy (non-hydrogen) atoms. The Morgan fingerprint density at radius 1 is 1.16 bits per heavy atom. The lowest BCUT2D eigenvalue weighted by atomic mass is 10.2. The van der Waals surface area contributed by atoms with E-state index in [1.807, 2.05) is 25.1 Å². The van der Waals surface area contributed by atoms with Crippen LogP contribution in [0.25, 0.3) is 11.0 Å². The molecule has 0 aliphatic heterocycles. The smallest absolute Gasteiger partial charge is 0.375 e. The van der Waals surface area contributed by atoms with Crippen molar-refractivity contribution >= 4 is 40.1 Å². The molecule has 1 N–H and O–H groups in total. The van der Waals surface area contributed by atoms with E-state index in [0.29, 0.717) is 16.3 Å². The Hall–Kier alpha value is -2.79. The second-order valence-corrected chi connectivity index (χ2v) is 6.08. The van der Waals surface area contributed by atoms with E-state index in [0.717, 1.165) is 10.9 Å². The van der Waals surface area contributed by atoms with Crippen molar-refractivity contribution in [2.24, 2.45) is 0 Å². The Bertz CT molecular complexity index is 915. The predicted molar refractivity (Wildman–Crippen MR) is 95.9 cm³/mol. The number of hydrogen-bond acceptors (Lipinski definition) is 4. The molecule has 6 heteroatoms. The molecule has 1 atom stereocenters. The van der Waals surface area contributed by atoms with E-state index in [9.17, 15) is 9.59 Å². The Labute approximate surface area is 149 Å². The molecule has 0 bridgehead atoms. The maximum absolute atomic E-state index is 12.3. The number of rotatable bonds is 4. The number of furan rings is 1. The molecule has 0 fully saturated rings. The van der Waals surface area contributed by atoms with Crippen LogP contribution in [-0.4, -0.2) is 18.0 Å². The number of amides is 1. The Balaban J connectivity index is 1.68. The van der Waals surface area contributed by atoms with E-state index in [1.165, 1.54) is 6.92 Å². The maximum Gasteiger partial charge on any atom is 0.375 e. The van der Waals surface area contributed by atoms with Crippen molar-refractivity contribution < 1.29 is 18.7 Å². The van der Waals surface area contributed by atoms with Crippen LogP contribution in [0.1, 0.15) is 23.0 Å². The summed E-state index contributed by atoms with van der Waals surface area (Å²) in [5.41, 5.74) is 2.01. The first-order chi connectivity index (χ1) is 11.9. The number of carbonyl (C=O) groups excluding carboxylic acids is 2. The summed E-state index contributed by atoms with van der Waals surface area (Å²) >= 11 is 5.93. The zero-order chi connectivity index (χ0) is 18.0. The molecule has 128 valence electrons.